The van der Waals surface area contributed by atoms with E-state index in [0.29, 0.717) is 18.5 Å². The van der Waals surface area contributed by atoms with Crippen LogP contribution in [-0.2, 0) is 9.53 Å². The molecule has 4 nitrogen and oxygen atoms in total. The molecule has 2 atom stereocenters. The highest BCUT2D eigenvalue weighted by Gasteiger charge is 2.24. The summed E-state index contributed by atoms with van der Waals surface area (Å²) >= 11 is 0. The molecule has 1 rings (SSSR count). The van der Waals surface area contributed by atoms with Crippen molar-refractivity contribution in [3.05, 3.63) is 0 Å². The zero-order chi connectivity index (χ0) is 11.5. The van der Waals surface area contributed by atoms with E-state index < -0.39 is 5.60 Å². The third-order valence-electron chi connectivity index (χ3n) is 2.45. The van der Waals surface area contributed by atoms with Crippen molar-refractivity contribution in [3.8, 4) is 0 Å². The molecule has 4 heteroatoms. The van der Waals surface area contributed by atoms with Crippen molar-refractivity contribution in [2.75, 3.05) is 19.6 Å². The lowest BCUT2D eigenvalue weighted by Crippen LogP contribution is -2.40. The Hall–Kier alpha value is -0.610. The zero-order valence-corrected chi connectivity index (χ0v) is 10.1. The quantitative estimate of drug-likeness (QED) is 0.673. The molecule has 1 saturated heterocycles. The number of hydrogen-bond donors (Lipinski definition) is 2. The summed E-state index contributed by atoms with van der Waals surface area (Å²) in [5.41, 5.74) is -0.391. The molecule has 0 amide bonds. The van der Waals surface area contributed by atoms with Gasteiger partial charge in [0, 0.05) is 12.6 Å². The van der Waals surface area contributed by atoms with Crippen LogP contribution in [0.5, 0.6) is 0 Å². The lowest BCUT2D eigenvalue weighted by atomic mass is 10.1. The van der Waals surface area contributed by atoms with Crippen LogP contribution in [0.2, 0.25) is 0 Å². The maximum Gasteiger partial charge on any atom is 0.320 e. The summed E-state index contributed by atoms with van der Waals surface area (Å²) < 4.78 is 5.21. The van der Waals surface area contributed by atoms with Crippen LogP contribution in [0.4, 0.5) is 0 Å². The van der Waals surface area contributed by atoms with Crippen LogP contribution in [0, 0.1) is 5.92 Å². The molecule has 1 heterocycles. The normalized spacial score (nSPS) is 26.7. The number of carbonyl (C=O) groups excluding carboxylic acids is 1. The second kappa shape index (κ2) is 4.94. The largest absolute Gasteiger partial charge is 0.459 e. The Morgan fingerprint density at radius 3 is 2.60 bits per heavy atom. The van der Waals surface area contributed by atoms with Crippen molar-refractivity contribution >= 4 is 5.97 Å². The van der Waals surface area contributed by atoms with Gasteiger partial charge in [0.15, 0.2) is 0 Å². The third kappa shape index (κ3) is 4.62. The first kappa shape index (κ1) is 12.5. The summed E-state index contributed by atoms with van der Waals surface area (Å²) in [6.45, 7) is 10.1. The summed E-state index contributed by atoms with van der Waals surface area (Å²) in [6, 6.07) is 0.387. The van der Waals surface area contributed by atoms with Gasteiger partial charge in [-0.05, 0) is 33.2 Å². The first-order valence-electron chi connectivity index (χ1n) is 5.54. The van der Waals surface area contributed by atoms with Gasteiger partial charge in [0.05, 0.1) is 6.54 Å². The minimum absolute atomic E-state index is 0.179. The fourth-order valence-corrected chi connectivity index (χ4v) is 1.68. The smallest absolute Gasteiger partial charge is 0.320 e. The van der Waals surface area contributed by atoms with Crippen LogP contribution in [-0.4, -0.2) is 37.2 Å². The summed E-state index contributed by atoms with van der Waals surface area (Å²) in [6.07, 6.45) is 0. The molecule has 15 heavy (non-hydrogen) atoms. The van der Waals surface area contributed by atoms with Crippen LogP contribution in [0.25, 0.3) is 0 Å². The molecule has 0 unspecified atom stereocenters. The van der Waals surface area contributed by atoms with E-state index in [0.717, 1.165) is 13.1 Å². The van der Waals surface area contributed by atoms with E-state index in [1.54, 1.807) is 0 Å². The van der Waals surface area contributed by atoms with Gasteiger partial charge >= 0.3 is 5.97 Å². The molecule has 0 aromatic heterocycles. The second-order valence-electron chi connectivity index (χ2n) is 5.21. The Bertz CT molecular complexity index is 223. The standard InChI is InChI=1S/C11H22N2O2/c1-8-5-12-6-9(8)13-7-10(14)15-11(2,3)4/h8-9,12-13H,5-7H2,1-4H3/t8-,9-/m1/s1. The van der Waals surface area contributed by atoms with Gasteiger partial charge in [-0.15, -0.1) is 0 Å². The van der Waals surface area contributed by atoms with E-state index in [4.69, 9.17) is 4.74 Å². The van der Waals surface area contributed by atoms with E-state index >= 15 is 0 Å². The Kier molecular flexibility index (Phi) is 4.11. The van der Waals surface area contributed by atoms with Gasteiger partial charge in [0.2, 0.25) is 0 Å². The number of rotatable bonds is 3. The van der Waals surface area contributed by atoms with Gasteiger partial charge < -0.3 is 15.4 Å². The van der Waals surface area contributed by atoms with Crippen LogP contribution in [0.15, 0.2) is 0 Å². The highest BCUT2D eigenvalue weighted by atomic mass is 16.6. The summed E-state index contributed by atoms with van der Waals surface area (Å²) in [7, 11) is 0. The molecule has 0 radical (unpaired) electrons. The monoisotopic (exact) mass is 214 g/mol. The van der Waals surface area contributed by atoms with Gasteiger partial charge in [-0.1, -0.05) is 6.92 Å². The average molecular weight is 214 g/mol. The maximum atomic E-state index is 11.4. The first-order chi connectivity index (χ1) is 6.88. The van der Waals surface area contributed by atoms with Gasteiger partial charge in [0.1, 0.15) is 5.60 Å². The van der Waals surface area contributed by atoms with Crippen molar-refractivity contribution in [2.45, 2.75) is 39.3 Å². The van der Waals surface area contributed by atoms with E-state index in [2.05, 4.69) is 17.6 Å². The molecule has 0 spiro atoms. The molecule has 1 fully saturated rings. The molecule has 0 aromatic rings. The number of esters is 1. The van der Waals surface area contributed by atoms with Crippen LogP contribution < -0.4 is 10.6 Å². The fourth-order valence-electron chi connectivity index (χ4n) is 1.68. The summed E-state index contributed by atoms with van der Waals surface area (Å²) in [4.78, 5) is 11.4. The molecule has 0 aromatic carbocycles. The van der Waals surface area contributed by atoms with Gasteiger partial charge in [-0.3, -0.25) is 4.79 Å². The Morgan fingerprint density at radius 1 is 1.47 bits per heavy atom. The van der Waals surface area contributed by atoms with Gasteiger partial charge in [-0.2, -0.15) is 0 Å². The lowest BCUT2D eigenvalue weighted by molar-refractivity contribution is -0.153. The molecular weight excluding hydrogens is 192 g/mol. The molecular formula is C11H22N2O2. The topological polar surface area (TPSA) is 50.4 Å². The predicted molar refractivity (Wildman–Crippen MR) is 59.7 cm³/mol. The van der Waals surface area contributed by atoms with Crippen molar-refractivity contribution in [1.82, 2.24) is 10.6 Å². The lowest BCUT2D eigenvalue weighted by Gasteiger charge is -2.21. The number of carbonyl (C=O) groups is 1. The van der Waals surface area contributed by atoms with E-state index in [1.807, 2.05) is 20.8 Å². The molecule has 2 N–H and O–H groups in total. The molecule has 0 saturated carbocycles. The summed E-state index contributed by atoms with van der Waals surface area (Å²) in [5.74, 6) is 0.397. The Morgan fingerprint density at radius 2 is 2.13 bits per heavy atom. The minimum Gasteiger partial charge on any atom is -0.459 e. The predicted octanol–water partition coefficient (Wildman–Crippen LogP) is 0.526. The second-order valence-corrected chi connectivity index (χ2v) is 5.21. The van der Waals surface area contributed by atoms with Crippen molar-refractivity contribution in [3.63, 3.8) is 0 Å². The molecule has 0 bridgehead atoms. The Balaban J connectivity index is 2.22. The van der Waals surface area contributed by atoms with Crippen molar-refractivity contribution in [1.29, 1.82) is 0 Å². The first-order valence-corrected chi connectivity index (χ1v) is 5.54. The highest BCUT2D eigenvalue weighted by Crippen LogP contribution is 2.08. The molecule has 1 aliphatic heterocycles. The van der Waals surface area contributed by atoms with E-state index in [9.17, 15) is 4.79 Å². The van der Waals surface area contributed by atoms with Crippen molar-refractivity contribution < 1.29 is 9.53 Å². The number of hydrogen-bond acceptors (Lipinski definition) is 4. The molecule has 88 valence electrons. The van der Waals surface area contributed by atoms with Crippen LogP contribution in [0.3, 0.4) is 0 Å². The minimum atomic E-state index is -0.391. The van der Waals surface area contributed by atoms with Gasteiger partial charge in [0.25, 0.3) is 0 Å². The fraction of sp³-hybridized carbons (Fsp3) is 0.909. The summed E-state index contributed by atoms with van der Waals surface area (Å²) in [5, 5.41) is 6.50. The van der Waals surface area contributed by atoms with E-state index in [-0.39, 0.29) is 5.97 Å². The zero-order valence-electron chi connectivity index (χ0n) is 10.1. The highest BCUT2D eigenvalue weighted by molar-refractivity contribution is 5.72. The van der Waals surface area contributed by atoms with Gasteiger partial charge in [-0.25, -0.2) is 0 Å². The number of nitrogens with one attached hydrogen (secondary N) is 2. The number of ether oxygens (including phenoxy) is 1. The molecule has 0 aliphatic carbocycles. The van der Waals surface area contributed by atoms with Crippen LogP contribution >= 0.6 is 0 Å². The third-order valence-corrected chi connectivity index (χ3v) is 2.45. The average Bonchev–Trinajstić information content (AvgIpc) is 2.44. The maximum absolute atomic E-state index is 11.4. The SMILES string of the molecule is C[C@@H]1CNC[C@H]1NCC(=O)OC(C)(C)C. The molecule has 1 aliphatic rings. The van der Waals surface area contributed by atoms with Crippen LogP contribution in [0.1, 0.15) is 27.7 Å². The van der Waals surface area contributed by atoms with Crippen molar-refractivity contribution in [2.24, 2.45) is 5.92 Å². The Labute approximate surface area is 91.8 Å². The van der Waals surface area contributed by atoms with E-state index in [1.165, 1.54) is 0 Å².